The minimum Gasteiger partial charge on any atom is -0.369 e. The second kappa shape index (κ2) is 9.08. The van der Waals surface area contributed by atoms with Gasteiger partial charge < -0.3 is 4.90 Å². The maximum Gasteiger partial charge on any atom is 0.416 e. The number of nitrogens with one attached hydrogen (secondary N) is 1. The molecule has 0 saturated carbocycles. The molecule has 0 spiro atoms. The van der Waals surface area contributed by atoms with Gasteiger partial charge in [0.15, 0.2) is 0 Å². The van der Waals surface area contributed by atoms with Crippen LogP contribution in [0.5, 0.6) is 0 Å². The maximum atomic E-state index is 12.9. The van der Waals surface area contributed by atoms with Crippen LogP contribution in [-0.4, -0.2) is 50.0 Å². The first kappa shape index (κ1) is 22.8. The number of benzene rings is 2. The van der Waals surface area contributed by atoms with Crippen molar-refractivity contribution >= 4 is 27.7 Å². The summed E-state index contributed by atoms with van der Waals surface area (Å²) in [5.74, 6) is -0.713. The van der Waals surface area contributed by atoms with Crippen molar-refractivity contribution in [2.75, 3.05) is 31.1 Å². The van der Waals surface area contributed by atoms with Crippen LogP contribution in [0.4, 0.5) is 18.9 Å². The first-order valence-electron chi connectivity index (χ1n) is 9.26. The number of hydrogen-bond acceptors (Lipinski definition) is 5. The Hall–Kier alpha value is -2.89. The van der Waals surface area contributed by atoms with E-state index in [2.05, 4.69) is 0 Å². The van der Waals surface area contributed by atoms with Gasteiger partial charge in [-0.3, -0.25) is 10.0 Å². The summed E-state index contributed by atoms with van der Waals surface area (Å²) >= 11 is 0. The molecule has 1 amide bonds. The van der Waals surface area contributed by atoms with Crippen LogP contribution in [0.3, 0.4) is 0 Å². The third-order valence-corrected chi connectivity index (χ3v) is 6.75. The fraction of sp³-hybridized carbons (Fsp3) is 0.250. The van der Waals surface area contributed by atoms with Crippen molar-refractivity contribution < 1.29 is 31.6 Å². The van der Waals surface area contributed by atoms with Gasteiger partial charge in [-0.2, -0.15) is 17.5 Å². The molecule has 1 fully saturated rings. The summed E-state index contributed by atoms with van der Waals surface area (Å²) in [7, 11) is -3.77. The number of rotatable bonds is 5. The van der Waals surface area contributed by atoms with Crippen molar-refractivity contribution in [3.63, 3.8) is 0 Å². The van der Waals surface area contributed by atoms with E-state index in [1.807, 2.05) is 0 Å². The van der Waals surface area contributed by atoms with Crippen LogP contribution in [0.15, 0.2) is 59.5 Å². The molecule has 31 heavy (non-hydrogen) atoms. The third kappa shape index (κ3) is 5.43. The van der Waals surface area contributed by atoms with Crippen LogP contribution in [0.1, 0.15) is 11.1 Å². The zero-order valence-electron chi connectivity index (χ0n) is 16.2. The van der Waals surface area contributed by atoms with E-state index in [4.69, 9.17) is 5.21 Å². The molecule has 1 heterocycles. The highest BCUT2D eigenvalue weighted by atomic mass is 32.2. The third-order valence-electron chi connectivity index (χ3n) is 4.83. The fourth-order valence-corrected chi connectivity index (χ4v) is 4.60. The smallest absolute Gasteiger partial charge is 0.369 e. The van der Waals surface area contributed by atoms with E-state index in [0.717, 1.165) is 18.2 Å². The number of anilines is 1. The molecule has 2 aromatic rings. The van der Waals surface area contributed by atoms with Gasteiger partial charge in [-0.25, -0.2) is 13.9 Å². The number of halogens is 3. The zero-order chi connectivity index (χ0) is 22.6. The second-order valence-electron chi connectivity index (χ2n) is 6.82. The predicted molar refractivity (Wildman–Crippen MR) is 108 cm³/mol. The summed E-state index contributed by atoms with van der Waals surface area (Å²) in [5.41, 5.74) is 1.67. The topological polar surface area (TPSA) is 90.0 Å². The van der Waals surface area contributed by atoms with E-state index in [9.17, 15) is 26.4 Å². The van der Waals surface area contributed by atoms with Gasteiger partial charge >= 0.3 is 6.18 Å². The van der Waals surface area contributed by atoms with Crippen molar-refractivity contribution in [1.29, 1.82) is 0 Å². The number of hydrogen-bond donors (Lipinski definition) is 2. The van der Waals surface area contributed by atoms with Gasteiger partial charge in [-0.1, -0.05) is 18.2 Å². The van der Waals surface area contributed by atoms with Crippen LogP contribution < -0.4 is 10.4 Å². The molecule has 0 atom stereocenters. The molecule has 2 N–H and O–H groups in total. The summed E-state index contributed by atoms with van der Waals surface area (Å²) in [6, 6.07) is 10.8. The van der Waals surface area contributed by atoms with Gasteiger partial charge in [0.25, 0.3) is 5.91 Å². The van der Waals surface area contributed by atoms with E-state index >= 15 is 0 Å². The summed E-state index contributed by atoms with van der Waals surface area (Å²) in [6.45, 7) is 0.795. The molecule has 1 aliphatic heterocycles. The summed E-state index contributed by atoms with van der Waals surface area (Å²) in [6.07, 6.45) is -1.93. The SMILES string of the molecule is O=C(/C=C/c1ccc(S(=O)(=O)N2CCN(c3cccc(C(F)(F)F)c3)CC2)cc1)NO. The Kier molecular flexibility index (Phi) is 6.68. The number of hydroxylamine groups is 1. The zero-order valence-corrected chi connectivity index (χ0v) is 17.0. The number of carbonyl (C=O) groups excluding carboxylic acids is 1. The lowest BCUT2D eigenvalue weighted by atomic mass is 10.1. The van der Waals surface area contributed by atoms with Gasteiger partial charge in [0.1, 0.15) is 0 Å². The molecule has 1 saturated heterocycles. The maximum absolute atomic E-state index is 12.9. The molecule has 0 unspecified atom stereocenters. The van der Waals surface area contributed by atoms with Crippen LogP contribution in [0, 0.1) is 0 Å². The molecule has 1 aliphatic rings. The Balaban J connectivity index is 1.67. The van der Waals surface area contributed by atoms with Crippen LogP contribution >= 0.6 is 0 Å². The molecule has 0 bridgehead atoms. The molecule has 166 valence electrons. The summed E-state index contributed by atoms with van der Waals surface area (Å²) in [4.78, 5) is 12.8. The van der Waals surface area contributed by atoms with Crippen molar-refractivity contribution in [2.45, 2.75) is 11.1 Å². The Morgan fingerprint density at radius 3 is 2.26 bits per heavy atom. The van der Waals surface area contributed by atoms with Gasteiger partial charge in [0, 0.05) is 37.9 Å². The van der Waals surface area contributed by atoms with E-state index in [0.29, 0.717) is 11.3 Å². The molecule has 0 aliphatic carbocycles. The lowest BCUT2D eigenvalue weighted by Gasteiger charge is -2.35. The normalized spacial score (nSPS) is 15.9. The van der Waals surface area contributed by atoms with Gasteiger partial charge in [-0.15, -0.1) is 0 Å². The van der Waals surface area contributed by atoms with Crippen molar-refractivity contribution in [1.82, 2.24) is 9.79 Å². The number of amides is 1. The van der Waals surface area contributed by atoms with E-state index < -0.39 is 27.7 Å². The number of alkyl halides is 3. The molecule has 7 nitrogen and oxygen atoms in total. The van der Waals surface area contributed by atoms with E-state index in [1.54, 1.807) is 11.0 Å². The number of nitrogens with zero attached hydrogens (tertiary/aromatic N) is 2. The lowest BCUT2D eigenvalue weighted by molar-refractivity contribution is -0.137. The van der Waals surface area contributed by atoms with Crippen LogP contribution in [0.25, 0.3) is 6.08 Å². The minimum atomic E-state index is -4.44. The number of carbonyl (C=O) groups is 1. The predicted octanol–water partition coefficient (Wildman–Crippen LogP) is 2.73. The average molecular weight is 455 g/mol. The molecule has 3 rings (SSSR count). The van der Waals surface area contributed by atoms with Crippen molar-refractivity contribution in [3.05, 3.63) is 65.7 Å². The molecule has 11 heteroatoms. The Morgan fingerprint density at radius 2 is 1.68 bits per heavy atom. The van der Waals surface area contributed by atoms with Crippen LogP contribution in [-0.2, 0) is 21.0 Å². The Morgan fingerprint density at radius 1 is 1.03 bits per heavy atom. The monoisotopic (exact) mass is 455 g/mol. The molecular weight excluding hydrogens is 435 g/mol. The Labute approximate surface area is 177 Å². The molecule has 2 aromatic carbocycles. The molecule has 0 aromatic heterocycles. The standard InChI is InChI=1S/C20H20F3N3O4S/c21-20(22,23)16-2-1-3-17(14-16)25-10-12-26(13-11-25)31(29,30)18-7-4-15(5-8-18)6-9-19(27)24-28/h1-9,14,28H,10-13H2,(H,24,27)/b9-6+. The highest BCUT2D eigenvalue weighted by Gasteiger charge is 2.32. The quantitative estimate of drug-likeness (QED) is 0.411. The molecule has 0 radical (unpaired) electrons. The van der Waals surface area contributed by atoms with Crippen LogP contribution in [0.2, 0.25) is 0 Å². The Bertz CT molecular complexity index is 1060. The highest BCUT2D eigenvalue weighted by molar-refractivity contribution is 7.89. The lowest BCUT2D eigenvalue weighted by Crippen LogP contribution is -2.48. The van der Waals surface area contributed by atoms with Gasteiger partial charge in [0.05, 0.1) is 10.5 Å². The largest absolute Gasteiger partial charge is 0.416 e. The summed E-state index contributed by atoms with van der Waals surface area (Å²) in [5, 5.41) is 8.46. The number of sulfonamides is 1. The average Bonchev–Trinajstić information content (AvgIpc) is 2.77. The summed E-state index contributed by atoms with van der Waals surface area (Å²) < 4.78 is 65.9. The van der Waals surface area contributed by atoms with Crippen molar-refractivity contribution in [3.8, 4) is 0 Å². The van der Waals surface area contributed by atoms with E-state index in [-0.39, 0.29) is 31.1 Å². The molecular formula is C20H20F3N3O4S. The second-order valence-corrected chi connectivity index (χ2v) is 8.76. The highest BCUT2D eigenvalue weighted by Crippen LogP contribution is 2.32. The van der Waals surface area contributed by atoms with E-state index in [1.165, 1.54) is 46.2 Å². The van der Waals surface area contributed by atoms with Crippen molar-refractivity contribution in [2.24, 2.45) is 0 Å². The van der Waals surface area contributed by atoms with Gasteiger partial charge in [-0.05, 0) is 42.0 Å². The fourth-order valence-electron chi connectivity index (χ4n) is 3.17. The first-order valence-corrected chi connectivity index (χ1v) is 10.7. The van der Waals surface area contributed by atoms with Gasteiger partial charge in [0.2, 0.25) is 10.0 Å². The minimum absolute atomic E-state index is 0.0729. The first-order chi connectivity index (χ1) is 14.6. The number of piperazine rings is 1.